The van der Waals surface area contributed by atoms with Crippen LogP contribution in [-0.2, 0) is 17.0 Å². The molecule has 0 radical (unpaired) electrons. The molecular formula is C23H21N3O2S2. The highest BCUT2D eigenvalue weighted by Crippen LogP contribution is 2.32. The van der Waals surface area contributed by atoms with Gasteiger partial charge >= 0.3 is 0 Å². The van der Waals surface area contributed by atoms with E-state index in [4.69, 9.17) is 9.72 Å². The highest BCUT2D eigenvalue weighted by Gasteiger charge is 2.16. The van der Waals surface area contributed by atoms with E-state index in [0.717, 1.165) is 27.6 Å². The summed E-state index contributed by atoms with van der Waals surface area (Å²) in [5, 5.41) is 11.1. The van der Waals surface area contributed by atoms with Crippen molar-refractivity contribution in [3.8, 4) is 6.07 Å². The van der Waals surface area contributed by atoms with Gasteiger partial charge in [0.15, 0.2) is 5.16 Å². The molecule has 4 rings (SSSR count). The van der Waals surface area contributed by atoms with E-state index in [0.29, 0.717) is 40.9 Å². The Hall–Kier alpha value is -2.66. The fraction of sp³-hybridized carbons (Fsp3) is 0.261. The third-order valence-corrected chi connectivity index (χ3v) is 6.99. The zero-order valence-corrected chi connectivity index (χ0v) is 18.3. The Morgan fingerprint density at radius 3 is 2.83 bits per heavy atom. The number of aromatic nitrogens is 2. The van der Waals surface area contributed by atoms with Crippen molar-refractivity contribution in [3.05, 3.63) is 70.0 Å². The van der Waals surface area contributed by atoms with Crippen LogP contribution in [0, 0.1) is 11.3 Å². The number of nitrogens with zero attached hydrogens (tertiary/aromatic N) is 3. The molecule has 0 unspecified atom stereocenters. The van der Waals surface area contributed by atoms with Crippen molar-refractivity contribution in [1.29, 1.82) is 5.26 Å². The SMILES string of the molecule is CCOCCCn1c(SCc2ccccc2C#N)nc2c(sc3ccccc32)c1=O. The van der Waals surface area contributed by atoms with E-state index in [1.54, 1.807) is 4.57 Å². The van der Waals surface area contributed by atoms with Crippen LogP contribution in [0.1, 0.15) is 24.5 Å². The van der Waals surface area contributed by atoms with Crippen LogP contribution < -0.4 is 5.56 Å². The minimum atomic E-state index is -0.00577. The highest BCUT2D eigenvalue weighted by molar-refractivity contribution is 7.98. The third-order valence-electron chi connectivity index (χ3n) is 4.82. The molecule has 152 valence electrons. The fourth-order valence-corrected chi connectivity index (χ4v) is 5.44. The molecule has 0 amide bonds. The molecule has 0 bridgehead atoms. The van der Waals surface area contributed by atoms with Crippen molar-refractivity contribution in [1.82, 2.24) is 9.55 Å². The van der Waals surface area contributed by atoms with E-state index in [2.05, 4.69) is 6.07 Å². The Morgan fingerprint density at radius 1 is 1.20 bits per heavy atom. The largest absolute Gasteiger partial charge is 0.382 e. The Balaban J connectivity index is 1.75. The van der Waals surface area contributed by atoms with Crippen molar-refractivity contribution >= 4 is 43.4 Å². The summed E-state index contributed by atoms with van der Waals surface area (Å²) in [5.74, 6) is 0.579. The van der Waals surface area contributed by atoms with Gasteiger partial charge in [-0.3, -0.25) is 9.36 Å². The maximum atomic E-state index is 13.3. The van der Waals surface area contributed by atoms with E-state index >= 15 is 0 Å². The van der Waals surface area contributed by atoms with E-state index in [1.807, 2.05) is 55.5 Å². The lowest BCUT2D eigenvalue weighted by Gasteiger charge is -2.12. The predicted octanol–water partition coefficient (Wildman–Crippen LogP) is 5.20. The van der Waals surface area contributed by atoms with Gasteiger partial charge in [-0.05, 0) is 31.0 Å². The van der Waals surface area contributed by atoms with E-state index in [1.165, 1.54) is 23.1 Å². The van der Waals surface area contributed by atoms with E-state index < -0.39 is 0 Å². The number of benzene rings is 2. The monoisotopic (exact) mass is 435 g/mol. The first kappa shape index (κ1) is 20.6. The van der Waals surface area contributed by atoms with Crippen molar-refractivity contribution in [2.45, 2.75) is 30.8 Å². The van der Waals surface area contributed by atoms with Crippen LogP contribution in [0.4, 0.5) is 0 Å². The second-order valence-electron chi connectivity index (χ2n) is 6.74. The summed E-state index contributed by atoms with van der Waals surface area (Å²) in [4.78, 5) is 18.3. The number of thiophene rings is 1. The quantitative estimate of drug-likeness (QED) is 0.216. The number of ether oxygens (including phenoxy) is 1. The molecule has 0 saturated carbocycles. The average molecular weight is 436 g/mol. The topological polar surface area (TPSA) is 67.9 Å². The van der Waals surface area contributed by atoms with Gasteiger partial charge < -0.3 is 4.74 Å². The average Bonchev–Trinajstić information content (AvgIpc) is 3.16. The van der Waals surface area contributed by atoms with E-state index in [-0.39, 0.29) is 5.56 Å². The second-order valence-corrected chi connectivity index (χ2v) is 8.73. The molecule has 0 spiro atoms. The summed E-state index contributed by atoms with van der Waals surface area (Å²) in [6.45, 7) is 3.78. The van der Waals surface area contributed by atoms with Crippen molar-refractivity contribution < 1.29 is 4.74 Å². The zero-order valence-electron chi connectivity index (χ0n) is 16.6. The van der Waals surface area contributed by atoms with Crippen LogP contribution in [0.25, 0.3) is 20.3 Å². The van der Waals surface area contributed by atoms with Gasteiger partial charge in [0.2, 0.25) is 0 Å². The molecule has 0 atom stereocenters. The minimum absolute atomic E-state index is 0.00577. The van der Waals surface area contributed by atoms with Gasteiger partial charge in [0.1, 0.15) is 4.70 Å². The van der Waals surface area contributed by atoms with Gasteiger partial charge in [-0.15, -0.1) is 11.3 Å². The predicted molar refractivity (Wildman–Crippen MR) is 123 cm³/mol. The van der Waals surface area contributed by atoms with Crippen LogP contribution in [0.5, 0.6) is 0 Å². The van der Waals surface area contributed by atoms with E-state index in [9.17, 15) is 10.1 Å². The number of rotatable bonds is 8. The Labute approximate surface area is 182 Å². The summed E-state index contributed by atoms with van der Waals surface area (Å²) >= 11 is 3.00. The van der Waals surface area contributed by atoms with Gasteiger partial charge in [0.05, 0.1) is 17.1 Å². The molecular weight excluding hydrogens is 414 g/mol. The van der Waals surface area contributed by atoms with Crippen LogP contribution in [0.3, 0.4) is 0 Å². The smallest absolute Gasteiger partial charge is 0.272 e. The number of nitriles is 1. The molecule has 5 nitrogen and oxygen atoms in total. The van der Waals surface area contributed by atoms with Crippen LogP contribution >= 0.6 is 23.1 Å². The molecule has 0 N–H and O–H groups in total. The van der Waals surface area contributed by atoms with Gasteiger partial charge in [-0.1, -0.05) is 48.2 Å². The lowest BCUT2D eigenvalue weighted by molar-refractivity contribution is 0.140. The van der Waals surface area contributed by atoms with Crippen molar-refractivity contribution in [2.75, 3.05) is 13.2 Å². The molecule has 0 aliphatic rings. The van der Waals surface area contributed by atoms with Crippen LogP contribution in [-0.4, -0.2) is 22.8 Å². The first-order chi connectivity index (χ1) is 14.7. The van der Waals surface area contributed by atoms with Crippen molar-refractivity contribution in [2.24, 2.45) is 0 Å². The first-order valence-electron chi connectivity index (χ1n) is 9.83. The second kappa shape index (κ2) is 9.43. The first-order valence-corrected chi connectivity index (χ1v) is 11.6. The zero-order chi connectivity index (χ0) is 20.9. The normalized spacial score (nSPS) is 11.2. The Morgan fingerprint density at radius 2 is 2.00 bits per heavy atom. The molecule has 2 heterocycles. The fourth-order valence-electron chi connectivity index (χ4n) is 3.33. The number of fused-ring (bicyclic) bond motifs is 3. The molecule has 4 aromatic rings. The maximum absolute atomic E-state index is 13.3. The number of hydrogen-bond acceptors (Lipinski definition) is 6. The molecule has 7 heteroatoms. The molecule has 0 aliphatic heterocycles. The molecule has 0 saturated heterocycles. The molecule has 0 fully saturated rings. The van der Waals surface area contributed by atoms with Gasteiger partial charge in [0, 0.05) is 35.6 Å². The molecule has 0 aliphatic carbocycles. The third kappa shape index (κ3) is 4.12. The standard InChI is InChI=1S/C23H21N3O2S2/c1-2-28-13-7-12-26-22(27)21-20(18-10-5-6-11-19(18)30-21)25-23(26)29-15-17-9-4-3-8-16(17)14-24/h3-6,8-11H,2,7,12-13,15H2,1H3. The summed E-state index contributed by atoms with van der Waals surface area (Å²) in [6, 6.07) is 17.8. The highest BCUT2D eigenvalue weighted by atomic mass is 32.2. The molecule has 2 aromatic heterocycles. The summed E-state index contributed by atoms with van der Waals surface area (Å²) in [5.41, 5.74) is 2.35. The summed E-state index contributed by atoms with van der Waals surface area (Å²) in [6.07, 6.45) is 0.744. The summed E-state index contributed by atoms with van der Waals surface area (Å²) < 4.78 is 8.97. The Kier molecular flexibility index (Phi) is 6.48. The lowest BCUT2D eigenvalue weighted by Crippen LogP contribution is -2.23. The maximum Gasteiger partial charge on any atom is 0.272 e. The minimum Gasteiger partial charge on any atom is -0.382 e. The van der Waals surface area contributed by atoms with Gasteiger partial charge in [-0.25, -0.2) is 4.98 Å². The van der Waals surface area contributed by atoms with Gasteiger partial charge in [-0.2, -0.15) is 5.26 Å². The molecule has 30 heavy (non-hydrogen) atoms. The summed E-state index contributed by atoms with van der Waals surface area (Å²) in [7, 11) is 0. The van der Waals surface area contributed by atoms with Gasteiger partial charge in [0.25, 0.3) is 5.56 Å². The van der Waals surface area contributed by atoms with Crippen LogP contribution in [0.2, 0.25) is 0 Å². The molecule has 2 aromatic carbocycles. The van der Waals surface area contributed by atoms with Crippen LogP contribution in [0.15, 0.2) is 58.5 Å². The lowest BCUT2D eigenvalue weighted by atomic mass is 10.1. The number of hydrogen-bond donors (Lipinski definition) is 0. The number of thioether (sulfide) groups is 1. The van der Waals surface area contributed by atoms with Crippen molar-refractivity contribution in [3.63, 3.8) is 0 Å². The Bertz CT molecular complexity index is 1290.